The topological polar surface area (TPSA) is 199 Å². The molecular formula is C16H26N4O8. The molecule has 1 saturated heterocycles. The van der Waals surface area contributed by atoms with Crippen LogP contribution < -0.4 is 16.4 Å². The number of carboxylic acid groups (broad SMARTS) is 2. The largest absolute Gasteiger partial charge is 0.481 e. The van der Waals surface area contributed by atoms with Crippen molar-refractivity contribution < 1.29 is 39.3 Å². The number of nitrogens with one attached hydrogen (secondary N) is 2. The molecular weight excluding hydrogens is 376 g/mol. The van der Waals surface area contributed by atoms with E-state index in [1.807, 2.05) is 5.32 Å². The first kappa shape index (κ1) is 23.3. The maximum atomic E-state index is 12.5. The van der Waals surface area contributed by atoms with Gasteiger partial charge in [-0.1, -0.05) is 0 Å². The van der Waals surface area contributed by atoms with Gasteiger partial charge in [0.15, 0.2) is 0 Å². The summed E-state index contributed by atoms with van der Waals surface area (Å²) in [5.41, 5.74) is 5.63. The van der Waals surface area contributed by atoms with Gasteiger partial charge >= 0.3 is 11.9 Å². The molecule has 0 bridgehead atoms. The Bertz CT molecular complexity index is 638. The molecule has 0 aromatic heterocycles. The molecule has 0 aromatic carbocycles. The number of amides is 3. The van der Waals surface area contributed by atoms with E-state index in [4.69, 9.17) is 15.9 Å². The van der Waals surface area contributed by atoms with Crippen molar-refractivity contribution in [2.24, 2.45) is 5.73 Å². The lowest BCUT2D eigenvalue weighted by Gasteiger charge is -2.28. The summed E-state index contributed by atoms with van der Waals surface area (Å²) in [7, 11) is 0. The molecule has 5 unspecified atom stereocenters. The van der Waals surface area contributed by atoms with Crippen LogP contribution >= 0.6 is 0 Å². The minimum absolute atomic E-state index is 0.275. The molecule has 1 aliphatic heterocycles. The monoisotopic (exact) mass is 402 g/mol. The molecule has 0 aromatic rings. The molecule has 1 aliphatic rings. The van der Waals surface area contributed by atoms with Gasteiger partial charge in [-0.3, -0.25) is 19.2 Å². The molecule has 1 heterocycles. The van der Waals surface area contributed by atoms with Crippen LogP contribution in [0.3, 0.4) is 0 Å². The molecule has 3 amide bonds. The molecule has 0 aliphatic carbocycles. The SMILES string of the molecule is CC(NC(=O)C1CCCN1C(=O)C(N)C(C)O)C(=O)NC(CC(=O)O)C(=O)O. The van der Waals surface area contributed by atoms with Crippen LogP contribution in [-0.4, -0.2) is 86.7 Å². The van der Waals surface area contributed by atoms with E-state index < -0.39 is 66.4 Å². The number of aliphatic hydroxyl groups excluding tert-OH is 1. The number of nitrogens with zero attached hydrogens (tertiary/aromatic N) is 1. The number of carbonyl (C=O) groups is 5. The highest BCUT2D eigenvalue weighted by atomic mass is 16.4. The summed E-state index contributed by atoms with van der Waals surface area (Å²) in [6, 6.07) is -4.85. The van der Waals surface area contributed by atoms with Gasteiger partial charge in [0.1, 0.15) is 24.2 Å². The Morgan fingerprint density at radius 2 is 1.75 bits per heavy atom. The Hall–Kier alpha value is -2.73. The summed E-state index contributed by atoms with van der Waals surface area (Å²) < 4.78 is 0. The summed E-state index contributed by atoms with van der Waals surface area (Å²) in [4.78, 5) is 59.8. The molecule has 28 heavy (non-hydrogen) atoms. The second-order valence-electron chi connectivity index (χ2n) is 6.68. The van der Waals surface area contributed by atoms with Crippen molar-refractivity contribution >= 4 is 29.7 Å². The number of likely N-dealkylation sites (tertiary alicyclic amines) is 1. The summed E-state index contributed by atoms with van der Waals surface area (Å²) in [5.74, 6) is -5.01. The van der Waals surface area contributed by atoms with Gasteiger partial charge in [-0.05, 0) is 26.7 Å². The van der Waals surface area contributed by atoms with Gasteiger partial charge in [0.2, 0.25) is 17.7 Å². The fourth-order valence-corrected chi connectivity index (χ4v) is 2.75. The van der Waals surface area contributed by atoms with Crippen molar-refractivity contribution in [2.75, 3.05) is 6.54 Å². The lowest BCUT2D eigenvalue weighted by molar-refractivity contribution is -0.147. The Morgan fingerprint density at radius 3 is 2.25 bits per heavy atom. The van der Waals surface area contributed by atoms with Crippen molar-refractivity contribution in [3.8, 4) is 0 Å². The van der Waals surface area contributed by atoms with E-state index in [-0.39, 0.29) is 6.54 Å². The van der Waals surface area contributed by atoms with Gasteiger partial charge in [0, 0.05) is 6.54 Å². The number of nitrogens with two attached hydrogens (primary N) is 1. The molecule has 0 radical (unpaired) electrons. The van der Waals surface area contributed by atoms with E-state index in [0.29, 0.717) is 12.8 Å². The van der Waals surface area contributed by atoms with E-state index in [1.165, 1.54) is 18.7 Å². The average Bonchev–Trinajstić information content (AvgIpc) is 3.08. The Labute approximate surface area is 161 Å². The maximum Gasteiger partial charge on any atom is 0.326 e. The van der Waals surface area contributed by atoms with Gasteiger partial charge in [-0.2, -0.15) is 0 Å². The molecule has 158 valence electrons. The smallest absolute Gasteiger partial charge is 0.326 e. The van der Waals surface area contributed by atoms with Gasteiger partial charge in [0.05, 0.1) is 12.5 Å². The van der Waals surface area contributed by atoms with Gasteiger partial charge in [-0.25, -0.2) is 4.79 Å². The summed E-state index contributed by atoms with van der Waals surface area (Å²) in [6.45, 7) is 2.93. The lowest BCUT2D eigenvalue weighted by Crippen LogP contribution is -2.57. The highest BCUT2D eigenvalue weighted by molar-refractivity contribution is 5.94. The standard InChI is InChI=1S/C16H26N4O8/c1-7(13(24)19-9(16(27)28)6-11(22)23)18-14(25)10-4-3-5-20(10)15(26)12(17)8(2)21/h7-10,12,21H,3-6,17H2,1-2H3,(H,18,25)(H,19,24)(H,22,23)(H,27,28). The second-order valence-corrected chi connectivity index (χ2v) is 6.68. The second kappa shape index (κ2) is 9.99. The Morgan fingerprint density at radius 1 is 1.14 bits per heavy atom. The lowest BCUT2D eigenvalue weighted by atomic mass is 10.1. The molecule has 5 atom stereocenters. The van der Waals surface area contributed by atoms with Gasteiger partial charge in [0.25, 0.3) is 0 Å². The Balaban J connectivity index is 2.72. The van der Waals surface area contributed by atoms with Crippen LogP contribution in [0.2, 0.25) is 0 Å². The van der Waals surface area contributed by atoms with Crippen molar-refractivity contribution in [2.45, 2.75) is 63.4 Å². The predicted molar refractivity (Wildman–Crippen MR) is 93.8 cm³/mol. The summed E-state index contributed by atoms with van der Waals surface area (Å²) in [5, 5.41) is 31.5. The normalized spacial score (nSPS) is 20.6. The minimum Gasteiger partial charge on any atom is -0.481 e. The molecule has 7 N–H and O–H groups in total. The van der Waals surface area contributed by atoms with Crippen molar-refractivity contribution in [3.63, 3.8) is 0 Å². The van der Waals surface area contributed by atoms with Gasteiger partial charge < -0.3 is 36.6 Å². The highest BCUT2D eigenvalue weighted by Crippen LogP contribution is 2.19. The quantitative estimate of drug-likeness (QED) is 0.236. The number of hydrogen-bond donors (Lipinski definition) is 6. The van der Waals surface area contributed by atoms with E-state index in [1.54, 1.807) is 0 Å². The van der Waals surface area contributed by atoms with E-state index in [0.717, 1.165) is 0 Å². The van der Waals surface area contributed by atoms with Crippen molar-refractivity contribution in [3.05, 3.63) is 0 Å². The van der Waals surface area contributed by atoms with Crippen LogP contribution in [0, 0.1) is 0 Å². The van der Waals surface area contributed by atoms with E-state index in [9.17, 15) is 29.1 Å². The zero-order valence-corrected chi connectivity index (χ0v) is 15.6. The number of carboxylic acids is 2. The first-order valence-electron chi connectivity index (χ1n) is 8.75. The zero-order chi connectivity index (χ0) is 21.6. The maximum absolute atomic E-state index is 12.5. The molecule has 1 fully saturated rings. The fourth-order valence-electron chi connectivity index (χ4n) is 2.75. The Kier molecular flexibility index (Phi) is 8.32. The fraction of sp³-hybridized carbons (Fsp3) is 0.688. The van der Waals surface area contributed by atoms with Gasteiger partial charge in [-0.15, -0.1) is 0 Å². The predicted octanol–water partition coefficient (Wildman–Crippen LogP) is -2.77. The van der Waals surface area contributed by atoms with Crippen molar-refractivity contribution in [1.82, 2.24) is 15.5 Å². The number of hydrogen-bond acceptors (Lipinski definition) is 7. The van der Waals surface area contributed by atoms with Crippen LogP contribution in [0.1, 0.15) is 33.1 Å². The number of carbonyl (C=O) groups excluding carboxylic acids is 3. The molecule has 1 rings (SSSR count). The van der Waals surface area contributed by atoms with E-state index >= 15 is 0 Å². The molecule has 12 heteroatoms. The van der Waals surface area contributed by atoms with E-state index in [2.05, 4.69) is 5.32 Å². The van der Waals surface area contributed by atoms with Crippen LogP contribution in [-0.2, 0) is 24.0 Å². The first-order valence-corrected chi connectivity index (χ1v) is 8.75. The van der Waals surface area contributed by atoms with Crippen molar-refractivity contribution in [1.29, 1.82) is 0 Å². The molecule has 12 nitrogen and oxygen atoms in total. The third-order valence-electron chi connectivity index (χ3n) is 4.39. The number of aliphatic hydroxyl groups is 1. The highest BCUT2D eigenvalue weighted by Gasteiger charge is 2.38. The number of aliphatic carboxylic acids is 2. The first-order chi connectivity index (χ1) is 13.0. The zero-order valence-electron chi connectivity index (χ0n) is 15.6. The molecule has 0 saturated carbocycles. The average molecular weight is 402 g/mol. The van der Waals surface area contributed by atoms with Crippen LogP contribution in [0.4, 0.5) is 0 Å². The van der Waals surface area contributed by atoms with Crippen LogP contribution in [0.15, 0.2) is 0 Å². The third kappa shape index (κ3) is 6.16. The van der Waals surface area contributed by atoms with Crippen LogP contribution in [0.5, 0.6) is 0 Å². The number of rotatable bonds is 9. The summed E-state index contributed by atoms with van der Waals surface area (Å²) >= 11 is 0. The third-order valence-corrected chi connectivity index (χ3v) is 4.39. The minimum atomic E-state index is -1.64. The van der Waals surface area contributed by atoms with Crippen LogP contribution in [0.25, 0.3) is 0 Å². The molecule has 0 spiro atoms. The summed E-state index contributed by atoms with van der Waals surface area (Å²) in [6.07, 6.45) is -1.03.